The molecule has 0 radical (unpaired) electrons. The summed E-state index contributed by atoms with van der Waals surface area (Å²) >= 11 is 0. The highest BCUT2D eigenvalue weighted by atomic mass is 16.5. The number of nitrogens with one attached hydrogen (secondary N) is 1. The number of H-pyrrole nitrogens is 1. The van der Waals surface area contributed by atoms with E-state index in [4.69, 9.17) is 9.47 Å². The standard InChI is InChI=1S/C17H21NO4/c1-4-21-15(19)9-8-13-12-7-6-11(3)10-14(12)18-16(13)17(20)22-5-2/h6-7,10,18H,4-5,8-9H2,1-3H3. The molecule has 0 aliphatic heterocycles. The molecule has 0 fully saturated rings. The van der Waals surface area contributed by atoms with Crippen molar-refractivity contribution in [3.63, 3.8) is 0 Å². The molecule has 0 bridgehead atoms. The molecule has 5 heteroatoms. The van der Waals surface area contributed by atoms with Crippen molar-refractivity contribution in [3.8, 4) is 0 Å². The highest BCUT2D eigenvalue weighted by molar-refractivity contribution is 5.98. The van der Waals surface area contributed by atoms with Crippen molar-refractivity contribution < 1.29 is 19.1 Å². The molecule has 0 amide bonds. The summed E-state index contributed by atoms with van der Waals surface area (Å²) in [4.78, 5) is 26.8. The topological polar surface area (TPSA) is 68.4 Å². The highest BCUT2D eigenvalue weighted by Gasteiger charge is 2.19. The maximum absolute atomic E-state index is 12.1. The summed E-state index contributed by atoms with van der Waals surface area (Å²) in [6, 6.07) is 5.93. The average Bonchev–Trinajstić information content (AvgIpc) is 2.83. The van der Waals surface area contributed by atoms with Crippen LogP contribution in [0.4, 0.5) is 0 Å². The predicted molar refractivity (Wildman–Crippen MR) is 83.9 cm³/mol. The lowest BCUT2D eigenvalue weighted by Crippen LogP contribution is -2.10. The van der Waals surface area contributed by atoms with Gasteiger partial charge in [0.2, 0.25) is 0 Å². The minimum atomic E-state index is -0.393. The van der Waals surface area contributed by atoms with Crippen molar-refractivity contribution in [2.24, 2.45) is 0 Å². The largest absolute Gasteiger partial charge is 0.466 e. The number of rotatable bonds is 6. The normalized spacial score (nSPS) is 10.7. The summed E-state index contributed by atoms with van der Waals surface area (Å²) in [6.45, 7) is 6.20. The summed E-state index contributed by atoms with van der Waals surface area (Å²) in [7, 11) is 0. The van der Waals surface area contributed by atoms with Crippen LogP contribution in [0.1, 0.15) is 41.9 Å². The molecule has 5 nitrogen and oxygen atoms in total. The molecule has 0 saturated heterocycles. The molecule has 0 spiro atoms. The van der Waals surface area contributed by atoms with E-state index < -0.39 is 5.97 Å². The lowest BCUT2D eigenvalue weighted by molar-refractivity contribution is -0.143. The SMILES string of the molecule is CCOC(=O)CCc1c(C(=O)OCC)[nH]c2cc(C)ccc12. The molecule has 118 valence electrons. The van der Waals surface area contributed by atoms with Crippen molar-refractivity contribution in [1.82, 2.24) is 4.98 Å². The van der Waals surface area contributed by atoms with Gasteiger partial charge < -0.3 is 14.5 Å². The van der Waals surface area contributed by atoms with Gasteiger partial charge in [-0.15, -0.1) is 0 Å². The number of benzene rings is 1. The Kier molecular flexibility index (Phi) is 5.20. The highest BCUT2D eigenvalue weighted by Crippen LogP contribution is 2.25. The molecule has 2 rings (SSSR count). The number of hydrogen-bond donors (Lipinski definition) is 1. The van der Waals surface area contributed by atoms with E-state index in [1.165, 1.54) is 0 Å². The van der Waals surface area contributed by atoms with Crippen LogP contribution in [0.3, 0.4) is 0 Å². The van der Waals surface area contributed by atoms with Crippen LogP contribution >= 0.6 is 0 Å². The Morgan fingerprint density at radius 3 is 2.55 bits per heavy atom. The first-order chi connectivity index (χ1) is 10.6. The molecule has 22 heavy (non-hydrogen) atoms. The van der Waals surface area contributed by atoms with Crippen molar-refractivity contribution in [1.29, 1.82) is 0 Å². The fraction of sp³-hybridized carbons (Fsp3) is 0.412. The van der Waals surface area contributed by atoms with E-state index >= 15 is 0 Å². The Bertz CT molecular complexity index is 687. The number of esters is 2. The Balaban J connectivity index is 2.37. The van der Waals surface area contributed by atoms with E-state index in [0.29, 0.717) is 25.3 Å². The maximum atomic E-state index is 12.1. The first-order valence-electron chi connectivity index (χ1n) is 7.50. The molecule has 0 atom stereocenters. The fourth-order valence-corrected chi connectivity index (χ4v) is 2.47. The Labute approximate surface area is 129 Å². The zero-order chi connectivity index (χ0) is 16.1. The monoisotopic (exact) mass is 303 g/mol. The van der Waals surface area contributed by atoms with E-state index in [1.807, 2.05) is 25.1 Å². The summed E-state index contributed by atoms with van der Waals surface area (Å²) in [5.74, 6) is -0.658. The van der Waals surface area contributed by atoms with Crippen LogP contribution in [0.25, 0.3) is 10.9 Å². The summed E-state index contributed by atoms with van der Waals surface area (Å²) in [6.07, 6.45) is 0.678. The molecular weight excluding hydrogens is 282 g/mol. The fourth-order valence-electron chi connectivity index (χ4n) is 2.47. The number of hydrogen-bond acceptors (Lipinski definition) is 4. The van der Waals surface area contributed by atoms with Gasteiger partial charge in [-0.3, -0.25) is 4.79 Å². The zero-order valence-corrected chi connectivity index (χ0v) is 13.2. The Morgan fingerprint density at radius 1 is 1.14 bits per heavy atom. The van der Waals surface area contributed by atoms with Crippen LogP contribution < -0.4 is 0 Å². The minimum absolute atomic E-state index is 0.237. The van der Waals surface area contributed by atoms with Crippen LogP contribution in [0.2, 0.25) is 0 Å². The second-order valence-corrected chi connectivity index (χ2v) is 5.05. The number of aromatic nitrogens is 1. The number of aryl methyl sites for hydroxylation is 2. The number of fused-ring (bicyclic) bond motifs is 1. The summed E-state index contributed by atoms with van der Waals surface area (Å²) in [5.41, 5.74) is 3.20. The molecule has 1 heterocycles. The zero-order valence-electron chi connectivity index (χ0n) is 13.2. The van der Waals surface area contributed by atoms with Crippen LogP contribution in [0.15, 0.2) is 18.2 Å². The van der Waals surface area contributed by atoms with Gasteiger partial charge in [-0.2, -0.15) is 0 Å². The molecule has 2 aromatic rings. The molecule has 1 N–H and O–H groups in total. The number of aromatic amines is 1. The van der Waals surface area contributed by atoms with Crippen LogP contribution in [0.5, 0.6) is 0 Å². The number of carbonyl (C=O) groups is 2. The van der Waals surface area contributed by atoms with Gasteiger partial charge in [-0.25, -0.2) is 4.79 Å². The van der Waals surface area contributed by atoms with Gasteiger partial charge in [-0.1, -0.05) is 12.1 Å². The van der Waals surface area contributed by atoms with Crippen molar-refractivity contribution in [2.75, 3.05) is 13.2 Å². The van der Waals surface area contributed by atoms with E-state index in [0.717, 1.165) is 22.0 Å². The van der Waals surface area contributed by atoms with Gasteiger partial charge in [0.05, 0.1) is 13.2 Å². The van der Waals surface area contributed by atoms with Gasteiger partial charge in [0.1, 0.15) is 5.69 Å². The lowest BCUT2D eigenvalue weighted by atomic mass is 10.0. The average molecular weight is 303 g/mol. The molecular formula is C17H21NO4. The Morgan fingerprint density at radius 2 is 1.86 bits per heavy atom. The van der Waals surface area contributed by atoms with Gasteiger partial charge in [0, 0.05) is 17.3 Å². The molecule has 0 aliphatic carbocycles. The van der Waals surface area contributed by atoms with Crippen LogP contribution in [0, 0.1) is 6.92 Å². The van der Waals surface area contributed by atoms with E-state index in [1.54, 1.807) is 13.8 Å². The number of carbonyl (C=O) groups excluding carboxylic acids is 2. The molecule has 1 aromatic heterocycles. The quantitative estimate of drug-likeness (QED) is 0.832. The van der Waals surface area contributed by atoms with Gasteiger partial charge in [-0.05, 0) is 44.4 Å². The smallest absolute Gasteiger partial charge is 0.355 e. The molecule has 0 aliphatic rings. The molecule has 0 unspecified atom stereocenters. The number of ether oxygens (including phenoxy) is 2. The maximum Gasteiger partial charge on any atom is 0.355 e. The van der Waals surface area contributed by atoms with Gasteiger partial charge >= 0.3 is 11.9 Å². The van der Waals surface area contributed by atoms with Gasteiger partial charge in [0.15, 0.2) is 0 Å². The first-order valence-corrected chi connectivity index (χ1v) is 7.50. The third-order valence-corrected chi connectivity index (χ3v) is 3.43. The third kappa shape index (κ3) is 3.47. The first kappa shape index (κ1) is 16.1. The van der Waals surface area contributed by atoms with Gasteiger partial charge in [0.25, 0.3) is 0 Å². The summed E-state index contributed by atoms with van der Waals surface area (Å²) in [5, 5.41) is 0.943. The van der Waals surface area contributed by atoms with Crippen molar-refractivity contribution in [3.05, 3.63) is 35.0 Å². The lowest BCUT2D eigenvalue weighted by Gasteiger charge is -2.05. The molecule has 0 saturated carbocycles. The predicted octanol–water partition coefficient (Wildman–Crippen LogP) is 3.15. The van der Waals surface area contributed by atoms with Crippen molar-refractivity contribution in [2.45, 2.75) is 33.6 Å². The molecule has 1 aromatic carbocycles. The van der Waals surface area contributed by atoms with E-state index in [2.05, 4.69) is 4.98 Å². The van der Waals surface area contributed by atoms with Crippen molar-refractivity contribution >= 4 is 22.8 Å². The Hall–Kier alpha value is -2.30. The van der Waals surface area contributed by atoms with Crippen LogP contribution in [-0.2, 0) is 20.7 Å². The second kappa shape index (κ2) is 7.11. The van der Waals surface area contributed by atoms with E-state index in [9.17, 15) is 9.59 Å². The second-order valence-electron chi connectivity index (χ2n) is 5.05. The minimum Gasteiger partial charge on any atom is -0.466 e. The van der Waals surface area contributed by atoms with Crippen LogP contribution in [-0.4, -0.2) is 30.1 Å². The third-order valence-electron chi connectivity index (χ3n) is 3.43. The van der Waals surface area contributed by atoms with E-state index in [-0.39, 0.29) is 12.4 Å². The summed E-state index contributed by atoms with van der Waals surface area (Å²) < 4.78 is 10.1.